The van der Waals surface area contributed by atoms with E-state index in [0.29, 0.717) is 31.7 Å². The fourth-order valence-electron chi connectivity index (χ4n) is 8.00. The summed E-state index contributed by atoms with van der Waals surface area (Å²) >= 11 is 0. The number of amides is 1. The Morgan fingerprint density at radius 1 is 1.17 bits per heavy atom. The summed E-state index contributed by atoms with van der Waals surface area (Å²) in [5.41, 5.74) is 3.23. The summed E-state index contributed by atoms with van der Waals surface area (Å²) in [6.07, 6.45) is 9.62. The number of anilines is 1. The maximum atomic E-state index is 13.5. The first-order valence-electron chi connectivity index (χ1n) is 13.7. The second-order valence-electron chi connectivity index (χ2n) is 13.1. The van der Waals surface area contributed by atoms with E-state index in [0.717, 1.165) is 40.5 Å². The van der Waals surface area contributed by atoms with Gasteiger partial charge in [-0.15, -0.1) is 0 Å². The van der Waals surface area contributed by atoms with Gasteiger partial charge in [0.1, 0.15) is 17.8 Å². The number of aryl methyl sites for hydroxylation is 1. The molecule has 4 bridgehead atoms. The number of aliphatic hydroxyl groups excluding tert-OH is 1. The Labute approximate surface area is 213 Å². The number of carbonyl (C=O) groups excluding carboxylic acids is 1. The molecule has 0 aromatic carbocycles. The van der Waals surface area contributed by atoms with E-state index in [9.17, 15) is 9.90 Å². The van der Waals surface area contributed by atoms with Crippen molar-refractivity contribution in [1.29, 1.82) is 0 Å². The van der Waals surface area contributed by atoms with Gasteiger partial charge in [-0.05, 0) is 102 Å². The minimum atomic E-state index is -0.348. The quantitative estimate of drug-likeness (QED) is 0.657. The van der Waals surface area contributed by atoms with E-state index in [-0.39, 0.29) is 23.0 Å². The van der Waals surface area contributed by atoms with Crippen LogP contribution in [0.1, 0.15) is 86.7 Å². The Balaban J connectivity index is 1.15. The van der Waals surface area contributed by atoms with E-state index in [2.05, 4.69) is 41.2 Å². The van der Waals surface area contributed by atoms with Gasteiger partial charge >= 0.3 is 0 Å². The number of hydrogen-bond donors (Lipinski definition) is 2. The molecule has 1 atom stereocenters. The molecule has 0 spiro atoms. The summed E-state index contributed by atoms with van der Waals surface area (Å²) in [6.45, 7) is 9.70. The molecule has 7 rings (SSSR count). The van der Waals surface area contributed by atoms with Gasteiger partial charge in [-0.3, -0.25) is 9.48 Å². The molecule has 3 heterocycles. The van der Waals surface area contributed by atoms with E-state index >= 15 is 0 Å². The van der Waals surface area contributed by atoms with Crippen LogP contribution in [0.2, 0.25) is 0 Å². The van der Waals surface area contributed by atoms with Crippen molar-refractivity contribution in [1.82, 2.24) is 24.6 Å². The van der Waals surface area contributed by atoms with Gasteiger partial charge in [0, 0.05) is 18.7 Å². The van der Waals surface area contributed by atoms with Crippen LogP contribution in [0.3, 0.4) is 0 Å². The average Bonchev–Trinajstić information content (AvgIpc) is 3.23. The highest BCUT2D eigenvalue weighted by atomic mass is 16.3. The number of aromatic nitrogens is 4. The van der Waals surface area contributed by atoms with Crippen LogP contribution in [0.25, 0.3) is 0 Å². The van der Waals surface area contributed by atoms with Crippen molar-refractivity contribution >= 4 is 11.7 Å². The Kier molecular flexibility index (Phi) is 5.67. The maximum absolute atomic E-state index is 13.5. The zero-order chi connectivity index (χ0) is 25.2. The van der Waals surface area contributed by atoms with Crippen LogP contribution in [-0.2, 0) is 18.5 Å². The first kappa shape index (κ1) is 23.9. The third-order valence-electron chi connectivity index (χ3n) is 9.24. The molecule has 0 radical (unpaired) electrons. The highest BCUT2D eigenvalue weighted by Gasteiger charge is 2.53. The fourth-order valence-corrected chi connectivity index (χ4v) is 8.00. The van der Waals surface area contributed by atoms with Crippen molar-refractivity contribution in [2.45, 2.75) is 90.8 Å². The monoisotopic (exact) mass is 492 g/mol. The molecular weight excluding hydrogens is 452 g/mol. The van der Waals surface area contributed by atoms with Crippen molar-refractivity contribution in [3.05, 3.63) is 35.0 Å². The average molecular weight is 493 g/mol. The van der Waals surface area contributed by atoms with Crippen molar-refractivity contribution in [3.63, 3.8) is 0 Å². The maximum Gasteiger partial charge on any atom is 0.272 e. The van der Waals surface area contributed by atoms with Crippen LogP contribution in [0.5, 0.6) is 0 Å². The van der Waals surface area contributed by atoms with E-state index in [4.69, 9.17) is 0 Å². The van der Waals surface area contributed by atoms with Gasteiger partial charge in [-0.2, -0.15) is 5.10 Å². The highest BCUT2D eigenvalue weighted by molar-refractivity contribution is 5.93. The summed E-state index contributed by atoms with van der Waals surface area (Å²) < 4.78 is 1.83. The molecule has 4 fully saturated rings. The highest BCUT2D eigenvalue weighted by Crippen LogP contribution is 2.61. The summed E-state index contributed by atoms with van der Waals surface area (Å²) in [5.74, 6) is 3.26. The Bertz CT molecular complexity index is 1130. The zero-order valence-electron chi connectivity index (χ0n) is 22.1. The Hall–Kier alpha value is -2.48. The third kappa shape index (κ3) is 4.11. The lowest BCUT2D eigenvalue weighted by Gasteiger charge is -2.58. The molecule has 1 amide bonds. The lowest BCUT2D eigenvalue weighted by Crippen LogP contribution is -2.53. The smallest absolute Gasteiger partial charge is 0.272 e. The lowest BCUT2D eigenvalue weighted by molar-refractivity contribution is -0.115. The van der Waals surface area contributed by atoms with Gasteiger partial charge in [0.25, 0.3) is 5.91 Å². The first-order valence-corrected chi connectivity index (χ1v) is 13.7. The molecule has 4 saturated carbocycles. The SMILES string of the molecule is Cc1cc(C(=O)N2CCc3c(ncnc3NCC(O)C34CC5CC(CC(C5)C3)C4)C2)n(C(C)(C)C)n1. The topological polar surface area (TPSA) is 96.2 Å². The predicted octanol–water partition coefficient (Wildman–Crippen LogP) is 3.92. The summed E-state index contributed by atoms with van der Waals surface area (Å²) in [4.78, 5) is 24.4. The molecular formula is C28H40N6O2. The van der Waals surface area contributed by atoms with Crippen LogP contribution in [0, 0.1) is 30.1 Å². The standard InChI is InChI=1S/C28H40N6O2/c1-17-7-23(34(32-17)27(2,3)4)26(36)33-6-5-21-22(15-33)30-16-31-25(21)29-14-24(35)28-11-18-8-19(12-28)10-20(9-18)13-28/h7,16,18-20,24,35H,5-6,8-15H2,1-4H3,(H,29,30,31). The molecule has 2 aromatic heterocycles. The summed E-state index contributed by atoms with van der Waals surface area (Å²) in [6, 6.07) is 1.88. The molecule has 36 heavy (non-hydrogen) atoms. The lowest BCUT2D eigenvalue weighted by atomic mass is 9.48. The molecule has 1 unspecified atom stereocenters. The molecule has 2 aromatic rings. The van der Waals surface area contributed by atoms with Gasteiger partial charge in [-0.1, -0.05) is 0 Å². The summed E-state index contributed by atoms with van der Waals surface area (Å²) in [7, 11) is 0. The van der Waals surface area contributed by atoms with Crippen LogP contribution >= 0.6 is 0 Å². The summed E-state index contributed by atoms with van der Waals surface area (Å²) in [5, 5.41) is 19.4. The van der Waals surface area contributed by atoms with E-state index in [1.54, 1.807) is 6.33 Å². The van der Waals surface area contributed by atoms with Gasteiger partial charge in [0.15, 0.2) is 0 Å². The normalized spacial score (nSPS) is 29.8. The van der Waals surface area contributed by atoms with Crippen LogP contribution in [0.15, 0.2) is 12.4 Å². The second-order valence-corrected chi connectivity index (χ2v) is 13.1. The van der Waals surface area contributed by atoms with Crippen LogP contribution < -0.4 is 5.32 Å². The molecule has 2 N–H and O–H groups in total. The minimum Gasteiger partial charge on any atom is -0.391 e. The zero-order valence-corrected chi connectivity index (χ0v) is 22.1. The number of nitrogens with one attached hydrogen (secondary N) is 1. The van der Waals surface area contributed by atoms with Crippen molar-refractivity contribution < 1.29 is 9.90 Å². The van der Waals surface area contributed by atoms with E-state index in [1.807, 2.05) is 22.6 Å². The predicted molar refractivity (Wildman–Crippen MR) is 138 cm³/mol. The van der Waals surface area contributed by atoms with Gasteiger partial charge in [-0.25, -0.2) is 9.97 Å². The minimum absolute atomic E-state index is 0.0125. The largest absolute Gasteiger partial charge is 0.391 e. The Morgan fingerprint density at radius 3 is 2.47 bits per heavy atom. The third-order valence-corrected chi connectivity index (χ3v) is 9.24. The number of hydrogen-bond acceptors (Lipinski definition) is 6. The van der Waals surface area contributed by atoms with Crippen molar-refractivity contribution in [2.24, 2.45) is 23.2 Å². The van der Waals surface area contributed by atoms with Gasteiger partial charge in [0.05, 0.1) is 29.6 Å². The molecule has 8 nitrogen and oxygen atoms in total. The van der Waals surface area contributed by atoms with Crippen molar-refractivity contribution in [3.8, 4) is 0 Å². The number of carbonyl (C=O) groups is 1. The van der Waals surface area contributed by atoms with Gasteiger partial charge < -0.3 is 15.3 Å². The van der Waals surface area contributed by atoms with E-state index < -0.39 is 0 Å². The second kappa shape index (κ2) is 8.54. The number of rotatable bonds is 5. The fraction of sp³-hybridized carbons (Fsp3) is 0.714. The molecule has 8 heteroatoms. The van der Waals surface area contributed by atoms with Crippen molar-refractivity contribution in [2.75, 3.05) is 18.4 Å². The number of nitrogens with zero attached hydrogens (tertiary/aromatic N) is 5. The van der Waals surface area contributed by atoms with Crippen LogP contribution in [0.4, 0.5) is 5.82 Å². The van der Waals surface area contributed by atoms with Crippen LogP contribution in [-0.4, -0.2) is 54.9 Å². The molecule has 5 aliphatic rings. The van der Waals surface area contributed by atoms with E-state index in [1.165, 1.54) is 38.5 Å². The Morgan fingerprint density at radius 2 is 1.83 bits per heavy atom. The first-order chi connectivity index (χ1) is 17.1. The molecule has 1 aliphatic heterocycles. The molecule has 4 aliphatic carbocycles. The number of aliphatic hydroxyl groups is 1. The van der Waals surface area contributed by atoms with Gasteiger partial charge in [0.2, 0.25) is 0 Å². The number of fused-ring (bicyclic) bond motifs is 1. The molecule has 194 valence electrons. The molecule has 0 saturated heterocycles.